The number of carbonyl (C=O) groups is 1. The largest absolute Gasteiger partial charge is 0.504 e. The Morgan fingerprint density at radius 1 is 1.16 bits per heavy atom. The third-order valence-electron chi connectivity index (χ3n) is 3.03. The Labute approximate surface area is 114 Å². The monoisotopic (exact) mass is 265 g/mol. The average molecular weight is 265 g/mol. The van der Waals surface area contributed by atoms with Crippen molar-refractivity contribution in [3.8, 4) is 11.5 Å². The zero-order valence-electron chi connectivity index (χ0n) is 11.8. The minimum atomic E-state index is -0.278. The zero-order chi connectivity index (χ0) is 14.4. The summed E-state index contributed by atoms with van der Waals surface area (Å²) in [6.45, 7) is 6.34. The summed E-state index contributed by atoms with van der Waals surface area (Å²) >= 11 is 0. The summed E-state index contributed by atoms with van der Waals surface area (Å²) in [4.78, 5) is 11.9. The van der Waals surface area contributed by atoms with Crippen molar-refractivity contribution in [2.45, 2.75) is 46.1 Å². The van der Waals surface area contributed by atoms with Crippen LogP contribution in [0.4, 0.5) is 0 Å². The van der Waals surface area contributed by atoms with Crippen LogP contribution in [0.15, 0.2) is 18.2 Å². The summed E-state index contributed by atoms with van der Waals surface area (Å²) in [5.41, 5.74) is 0.353. The second-order valence-corrected chi connectivity index (χ2v) is 5.40. The van der Waals surface area contributed by atoms with Crippen LogP contribution in [0.1, 0.15) is 50.4 Å². The van der Waals surface area contributed by atoms with Gasteiger partial charge in [0, 0.05) is 11.6 Å². The van der Waals surface area contributed by atoms with Crippen LogP contribution in [0, 0.1) is 5.92 Å². The van der Waals surface area contributed by atoms with E-state index in [-0.39, 0.29) is 23.4 Å². The molecule has 0 aliphatic rings. The molecule has 106 valence electrons. The standard InChI is InChI=1S/C15H23NO3/c1-10(2)5-4-6-11(3)16-15(19)12-7-8-13(17)14(18)9-12/h7-11,17-18H,4-6H2,1-3H3,(H,16,19). The van der Waals surface area contributed by atoms with Gasteiger partial charge >= 0.3 is 0 Å². The fourth-order valence-electron chi connectivity index (χ4n) is 1.88. The van der Waals surface area contributed by atoms with Crippen molar-refractivity contribution in [2.24, 2.45) is 5.92 Å². The van der Waals surface area contributed by atoms with Crippen molar-refractivity contribution >= 4 is 5.91 Å². The molecule has 1 aromatic carbocycles. The molecule has 1 atom stereocenters. The van der Waals surface area contributed by atoms with Gasteiger partial charge in [0.2, 0.25) is 0 Å². The molecule has 0 fully saturated rings. The van der Waals surface area contributed by atoms with E-state index in [2.05, 4.69) is 19.2 Å². The molecule has 4 heteroatoms. The highest BCUT2D eigenvalue weighted by Crippen LogP contribution is 2.24. The quantitative estimate of drug-likeness (QED) is 0.692. The van der Waals surface area contributed by atoms with E-state index >= 15 is 0 Å². The molecule has 0 radical (unpaired) electrons. The van der Waals surface area contributed by atoms with Crippen molar-refractivity contribution in [3.63, 3.8) is 0 Å². The fourth-order valence-corrected chi connectivity index (χ4v) is 1.88. The molecule has 0 spiro atoms. The third kappa shape index (κ3) is 5.20. The molecule has 1 aromatic rings. The molecule has 3 N–H and O–H groups in total. The van der Waals surface area contributed by atoms with Gasteiger partial charge in [-0.2, -0.15) is 0 Å². The Balaban J connectivity index is 2.47. The van der Waals surface area contributed by atoms with Crippen LogP contribution in [0.5, 0.6) is 11.5 Å². The highest BCUT2D eigenvalue weighted by molar-refractivity contribution is 5.95. The van der Waals surface area contributed by atoms with E-state index in [0.717, 1.165) is 19.3 Å². The van der Waals surface area contributed by atoms with Crippen LogP contribution in [-0.4, -0.2) is 22.2 Å². The molecule has 0 heterocycles. The SMILES string of the molecule is CC(C)CCCC(C)NC(=O)c1ccc(O)c(O)c1. The lowest BCUT2D eigenvalue weighted by molar-refractivity contribution is 0.0937. The molecule has 0 bridgehead atoms. The predicted molar refractivity (Wildman–Crippen MR) is 75.4 cm³/mol. The van der Waals surface area contributed by atoms with E-state index in [1.54, 1.807) is 0 Å². The first-order valence-corrected chi connectivity index (χ1v) is 6.73. The number of nitrogens with one attached hydrogen (secondary N) is 1. The molecule has 0 aliphatic carbocycles. The topological polar surface area (TPSA) is 69.6 Å². The van der Waals surface area contributed by atoms with Gasteiger partial charge in [-0.15, -0.1) is 0 Å². The smallest absolute Gasteiger partial charge is 0.251 e. The maximum Gasteiger partial charge on any atom is 0.251 e. The number of carbonyl (C=O) groups excluding carboxylic acids is 1. The van der Waals surface area contributed by atoms with Crippen molar-refractivity contribution in [2.75, 3.05) is 0 Å². The molecule has 19 heavy (non-hydrogen) atoms. The van der Waals surface area contributed by atoms with Crippen LogP contribution in [-0.2, 0) is 0 Å². The van der Waals surface area contributed by atoms with E-state index in [1.165, 1.54) is 18.2 Å². The van der Waals surface area contributed by atoms with Gasteiger partial charge in [-0.25, -0.2) is 0 Å². The Hall–Kier alpha value is -1.71. The predicted octanol–water partition coefficient (Wildman–Crippen LogP) is 3.04. The lowest BCUT2D eigenvalue weighted by atomic mass is 10.0. The summed E-state index contributed by atoms with van der Waals surface area (Å²) in [6.07, 6.45) is 3.17. The van der Waals surface area contributed by atoms with Crippen LogP contribution in [0.2, 0.25) is 0 Å². The van der Waals surface area contributed by atoms with Crippen molar-refractivity contribution in [3.05, 3.63) is 23.8 Å². The molecular weight excluding hydrogens is 242 g/mol. The summed E-state index contributed by atoms with van der Waals surface area (Å²) in [5.74, 6) is -0.0501. The van der Waals surface area contributed by atoms with Crippen LogP contribution < -0.4 is 5.32 Å². The highest BCUT2D eigenvalue weighted by Gasteiger charge is 2.11. The van der Waals surface area contributed by atoms with E-state index < -0.39 is 0 Å². The number of amides is 1. The number of benzene rings is 1. The number of aromatic hydroxyl groups is 2. The van der Waals surface area contributed by atoms with Gasteiger partial charge in [0.1, 0.15) is 0 Å². The van der Waals surface area contributed by atoms with E-state index in [4.69, 9.17) is 0 Å². The van der Waals surface area contributed by atoms with Crippen LogP contribution in [0.25, 0.3) is 0 Å². The zero-order valence-corrected chi connectivity index (χ0v) is 11.8. The number of phenolic OH excluding ortho intramolecular Hbond substituents is 2. The molecule has 0 saturated heterocycles. The van der Waals surface area contributed by atoms with E-state index in [1.807, 2.05) is 6.92 Å². The normalized spacial score (nSPS) is 12.4. The first-order chi connectivity index (χ1) is 8.90. The maximum atomic E-state index is 11.9. The molecule has 0 aliphatic heterocycles. The minimum Gasteiger partial charge on any atom is -0.504 e. The van der Waals surface area contributed by atoms with Gasteiger partial charge in [-0.05, 0) is 37.5 Å². The second-order valence-electron chi connectivity index (χ2n) is 5.40. The third-order valence-corrected chi connectivity index (χ3v) is 3.03. The van der Waals surface area contributed by atoms with Gasteiger partial charge < -0.3 is 15.5 Å². The van der Waals surface area contributed by atoms with Crippen molar-refractivity contribution in [1.82, 2.24) is 5.32 Å². The molecule has 0 saturated carbocycles. The van der Waals surface area contributed by atoms with Crippen LogP contribution in [0.3, 0.4) is 0 Å². The Kier molecular flexibility index (Phi) is 5.67. The number of phenols is 2. The number of hydrogen-bond acceptors (Lipinski definition) is 3. The Bertz CT molecular complexity index is 429. The van der Waals surface area contributed by atoms with Gasteiger partial charge in [0.05, 0.1) is 0 Å². The van der Waals surface area contributed by atoms with Crippen molar-refractivity contribution < 1.29 is 15.0 Å². The van der Waals surface area contributed by atoms with Crippen LogP contribution >= 0.6 is 0 Å². The molecule has 0 aromatic heterocycles. The Morgan fingerprint density at radius 3 is 2.42 bits per heavy atom. The number of hydrogen-bond donors (Lipinski definition) is 3. The average Bonchev–Trinajstić information content (AvgIpc) is 2.32. The molecule has 4 nitrogen and oxygen atoms in total. The first-order valence-electron chi connectivity index (χ1n) is 6.73. The molecule has 1 amide bonds. The highest BCUT2D eigenvalue weighted by atomic mass is 16.3. The van der Waals surface area contributed by atoms with Gasteiger partial charge in [0.25, 0.3) is 5.91 Å². The maximum absolute atomic E-state index is 11.9. The van der Waals surface area contributed by atoms with Gasteiger partial charge in [-0.1, -0.05) is 26.7 Å². The van der Waals surface area contributed by atoms with Crippen molar-refractivity contribution in [1.29, 1.82) is 0 Å². The first kappa shape index (κ1) is 15.3. The van der Waals surface area contributed by atoms with Gasteiger partial charge in [-0.3, -0.25) is 4.79 Å². The fraction of sp³-hybridized carbons (Fsp3) is 0.533. The Morgan fingerprint density at radius 2 is 1.84 bits per heavy atom. The second kappa shape index (κ2) is 7.02. The lowest BCUT2D eigenvalue weighted by Gasteiger charge is -2.14. The summed E-state index contributed by atoms with van der Waals surface area (Å²) in [6, 6.07) is 4.17. The molecule has 1 unspecified atom stereocenters. The molecular formula is C15H23NO3. The van der Waals surface area contributed by atoms with E-state index in [0.29, 0.717) is 11.5 Å². The summed E-state index contributed by atoms with van der Waals surface area (Å²) in [5, 5.41) is 21.4. The van der Waals surface area contributed by atoms with Gasteiger partial charge in [0.15, 0.2) is 11.5 Å². The summed E-state index contributed by atoms with van der Waals surface area (Å²) in [7, 11) is 0. The minimum absolute atomic E-state index is 0.0993. The molecule has 1 rings (SSSR count). The van der Waals surface area contributed by atoms with E-state index in [9.17, 15) is 15.0 Å². The lowest BCUT2D eigenvalue weighted by Crippen LogP contribution is -2.32. The summed E-state index contributed by atoms with van der Waals surface area (Å²) < 4.78 is 0. The number of rotatable bonds is 6.